The minimum absolute atomic E-state index is 0.141. The van der Waals surface area contributed by atoms with Crippen molar-refractivity contribution in [3.8, 4) is 11.6 Å². The molecule has 4 aromatic rings. The maximum atomic E-state index is 13.0. The number of benzene rings is 2. The zero-order chi connectivity index (χ0) is 24.4. The fourth-order valence-electron chi connectivity index (χ4n) is 3.06. The Labute approximate surface area is 214 Å². The van der Waals surface area contributed by atoms with Crippen molar-refractivity contribution in [3.63, 3.8) is 0 Å². The number of aromatic nitrogens is 3. The van der Waals surface area contributed by atoms with E-state index in [1.54, 1.807) is 24.3 Å². The Morgan fingerprint density at radius 1 is 1.24 bits per heavy atom. The molecule has 0 saturated carbocycles. The molecule has 12 heteroatoms. The molecular formula is C22H14Br2ClN5O4. The van der Waals surface area contributed by atoms with E-state index in [0.29, 0.717) is 33.2 Å². The highest BCUT2D eigenvalue weighted by Gasteiger charge is 2.13. The van der Waals surface area contributed by atoms with Crippen molar-refractivity contribution in [2.45, 2.75) is 13.3 Å². The molecule has 4 rings (SSSR count). The van der Waals surface area contributed by atoms with Gasteiger partial charge in [-0.25, -0.2) is 9.97 Å². The quantitative estimate of drug-likeness (QED) is 0.148. The number of aryl methyl sites for hydroxylation is 1. The van der Waals surface area contributed by atoms with Crippen LogP contribution in [0.3, 0.4) is 0 Å². The second kappa shape index (κ2) is 10.00. The van der Waals surface area contributed by atoms with Crippen LogP contribution in [-0.2, 0) is 6.42 Å². The number of pyridine rings is 1. The maximum Gasteiger partial charge on any atom is 0.287 e. The predicted octanol–water partition coefficient (Wildman–Crippen LogP) is 6.12. The van der Waals surface area contributed by atoms with E-state index in [9.17, 15) is 14.9 Å². The molecule has 0 N–H and O–H groups in total. The summed E-state index contributed by atoms with van der Waals surface area (Å²) in [5.74, 6) is 0.941. The second-order valence-electron chi connectivity index (χ2n) is 6.93. The Hall–Kier alpha value is -3.15. The summed E-state index contributed by atoms with van der Waals surface area (Å²) in [7, 11) is 0. The first-order valence-corrected chi connectivity index (χ1v) is 11.8. The van der Waals surface area contributed by atoms with Crippen LogP contribution in [0.4, 0.5) is 5.69 Å². The van der Waals surface area contributed by atoms with Gasteiger partial charge in [0, 0.05) is 23.0 Å². The molecule has 34 heavy (non-hydrogen) atoms. The molecule has 172 valence electrons. The van der Waals surface area contributed by atoms with Crippen LogP contribution in [0.25, 0.3) is 10.9 Å². The normalized spacial score (nSPS) is 11.3. The molecule has 0 saturated heterocycles. The Morgan fingerprint density at radius 3 is 2.68 bits per heavy atom. The number of hydrogen-bond donors (Lipinski definition) is 0. The number of nitrogens with zero attached hydrogens (tertiary/aromatic N) is 5. The lowest BCUT2D eigenvalue weighted by Gasteiger charge is -2.10. The highest BCUT2D eigenvalue weighted by molar-refractivity contribution is 9.10. The van der Waals surface area contributed by atoms with Crippen molar-refractivity contribution in [2.24, 2.45) is 5.10 Å². The van der Waals surface area contributed by atoms with E-state index in [1.807, 2.05) is 13.0 Å². The van der Waals surface area contributed by atoms with Crippen LogP contribution in [0.5, 0.6) is 11.6 Å². The van der Waals surface area contributed by atoms with Crippen LogP contribution in [-0.4, -0.2) is 25.8 Å². The summed E-state index contributed by atoms with van der Waals surface area (Å²) in [6.07, 6.45) is 3.10. The zero-order valence-electron chi connectivity index (χ0n) is 17.4. The second-order valence-corrected chi connectivity index (χ2v) is 9.11. The summed E-state index contributed by atoms with van der Waals surface area (Å²) in [6.45, 7) is 1.89. The van der Waals surface area contributed by atoms with Crippen molar-refractivity contribution >= 4 is 66.3 Å². The number of nitro groups is 1. The third-order valence-corrected chi connectivity index (χ3v) is 6.04. The molecule has 0 aliphatic carbocycles. The minimum Gasteiger partial charge on any atom is -0.436 e. The lowest BCUT2D eigenvalue weighted by Crippen LogP contribution is -2.22. The number of hydrogen-bond acceptors (Lipinski definition) is 7. The molecule has 0 aliphatic heterocycles. The van der Waals surface area contributed by atoms with Gasteiger partial charge in [-0.15, -0.1) is 0 Å². The third-order valence-electron chi connectivity index (χ3n) is 4.67. The number of ether oxygens (including phenoxy) is 1. The Kier molecular flexibility index (Phi) is 7.05. The first-order chi connectivity index (χ1) is 16.3. The van der Waals surface area contributed by atoms with Gasteiger partial charge in [0.05, 0.1) is 31.5 Å². The zero-order valence-corrected chi connectivity index (χ0v) is 21.3. The highest BCUT2D eigenvalue weighted by atomic mass is 79.9. The first kappa shape index (κ1) is 24.0. The molecular weight excluding hydrogens is 594 g/mol. The molecule has 2 aromatic heterocycles. The maximum absolute atomic E-state index is 13.0. The molecule has 0 bridgehead atoms. The van der Waals surface area contributed by atoms with Gasteiger partial charge < -0.3 is 4.74 Å². The molecule has 9 nitrogen and oxygen atoms in total. The lowest BCUT2D eigenvalue weighted by molar-refractivity contribution is -0.385. The average molecular weight is 608 g/mol. The third kappa shape index (κ3) is 5.01. The summed E-state index contributed by atoms with van der Waals surface area (Å²) >= 11 is 13.2. The first-order valence-electron chi connectivity index (χ1n) is 9.79. The summed E-state index contributed by atoms with van der Waals surface area (Å²) in [6, 6.07) is 11.3. The van der Waals surface area contributed by atoms with Crippen LogP contribution >= 0.6 is 43.5 Å². The Balaban J connectivity index is 1.66. The van der Waals surface area contributed by atoms with E-state index in [0.717, 1.165) is 10.7 Å². The molecule has 0 spiro atoms. The molecule has 0 unspecified atom stereocenters. The van der Waals surface area contributed by atoms with Gasteiger partial charge in [0.1, 0.15) is 12.0 Å². The van der Waals surface area contributed by atoms with Crippen LogP contribution in [0.2, 0.25) is 5.02 Å². The lowest BCUT2D eigenvalue weighted by atomic mass is 10.2. The molecule has 0 aliphatic rings. The van der Waals surface area contributed by atoms with Crippen molar-refractivity contribution in [3.05, 3.63) is 94.5 Å². The van der Waals surface area contributed by atoms with Gasteiger partial charge in [-0.05, 0) is 51.8 Å². The smallest absolute Gasteiger partial charge is 0.287 e. The summed E-state index contributed by atoms with van der Waals surface area (Å²) in [4.78, 5) is 31.7. The molecule has 2 aromatic carbocycles. The molecule has 2 heterocycles. The largest absolute Gasteiger partial charge is 0.436 e. The van der Waals surface area contributed by atoms with Gasteiger partial charge >= 0.3 is 0 Å². The van der Waals surface area contributed by atoms with Gasteiger partial charge in [-0.1, -0.05) is 34.5 Å². The summed E-state index contributed by atoms with van der Waals surface area (Å²) in [5, 5.41) is 15.8. The standard InChI is InChI=1S/C22H14Br2ClN5O4/c1-2-19-28-18-5-3-13(23)9-15(18)22(31)29(19)27-10-12-7-16(24)21(17(25)8-12)34-20-6-4-14(11-26-20)30(32)33/h3-11H,2H2,1H3. The Morgan fingerprint density at radius 2 is 2.03 bits per heavy atom. The topological polar surface area (TPSA) is 113 Å². The van der Waals surface area contributed by atoms with Crippen molar-refractivity contribution < 1.29 is 9.66 Å². The van der Waals surface area contributed by atoms with Gasteiger partial charge in [-0.3, -0.25) is 14.9 Å². The Bertz CT molecular complexity index is 1480. The van der Waals surface area contributed by atoms with Crippen molar-refractivity contribution in [1.82, 2.24) is 14.6 Å². The van der Waals surface area contributed by atoms with Crippen molar-refractivity contribution in [1.29, 1.82) is 0 Å². The van der Waals surface area contributed by atoms with E-state index in [2.05, 4.69) is 46.9 Å². The number of halogens is 3. The number of rotatable bonds is 6. The fourth-order valence-corrected chi connectivity index (χ4v) is 4.36. The van der Waals surface area contributed by atoms with Crippen LogP contribution in [0, 0.1) is 10.1 Å². The predicted molar refractivity (Wildman–Crippen MR) is 136 cm³/mol. The fraction of sp³-hybridized carbons (Fsp3) is 0.0909. The van der Waals surface area contributed by atoms with Gasteiger partial charge in [0.25, 0.3) is 11.2 Å². The summed E-state index contributed by atoms with van der Waals surface area (Å²) < 4.78 is 8.22. The average Bonchev–Trinajstić information content (AvgIpc) is 2.81. The van der Waals surface area contributed by atoms with E-state index >= 15 is 0 Å². The van der Waals surface area contributed by atoms with Gasteiger partial charge in [0.15, 0.2) is 5.75 Å². The summed E-state index contributed by atoms with van der Waals surface area (Å²) in [5.41, 5.74) is 0.767. The monoisotopic (exact) mass is 605 g/mol. The number of fused-ring (bicyclic) bond motifs is 1. The van der Waals surface area contributed by atoms with E-state index in [4.69, 9.17) is 16.3 Å². The van der Waals surface area contributed by atoms with E-state index in [-0.39, 0.29) is 27.9 Å². The molecule has 0 atom stereocenters. The molecule has 0 fully saturated rings. The highest BCUT2D eigenvalue weighted by Crippen LogP contribution is 2.37. The molecule has 0 radical (unpaired) electrons. The van der Waals surface area contributed by atoms with Gasteiger partial charge in [0.2, 0.25) is 5.88 Å². The van der Waals surface area contributed by atoms with Crippen LogP contribution in [0.1, 0.15) is 18.3 Å². The van der Waals surface area contributed by atoms with Crippen LogP contribution < -0.4 is 10.3 Å². The molecule has 0 amide bonds. The SMILES string of the molecule is CCc1nc2ccc(Br)cc2c(=O)n1N=Cc1cc(Cl)c(Oc2ccc([N+](=O)[O-])cn2)c(Br)c1. The van der Waals surface area contributed by atoms with E-state index in [1.165, 1.54) is 23.0 Å². The van der Waals surface area contributed by atoms with Crippen molar-refractivity contribution in [2.75, 3.05) is 0 Å². The van der Waals surface area contributed by atoms with Crippen LogP contribution in [0.15, 0.2) is 67.5 Å². The van der Waals surface area contributed by atoms with E-state index < -0.39 is 4.92 Å². The van der Waals surface area contributed by atoms with Gasteiger partial charge in [-0.2, -0.15) is 9.78 Å². The minimum atomic E-state index is -0.549.